The zero-order chi connectivity index (χ0) is 12.1. The van der Waals surface area contributed by atoms with Crippen molar-refractivity contribution in [3.63, 3.8) is 0 Å². The Morgan fingerprint density at radius 3 is 2.88 bits per heavy atom. The summed E-state index contributed by atoms with van der Waals surface area (Å²) in [5.41, 5.74) is 0.604. The Hall–Kier alpha value is -1.33. The lowest BCUT2D eigenvalue weighted by Gasteiger charge is -2.20. The normalized spacial score (nSPS) is 12.5. The van der Waals surface area contributed by atoms with E-state index in [0.717, 1.165) is 0 Å². The molecule has 1 N–H and O–H groups in total. The van der Waals surface area contributed by atoms with E-state index in [4.69, 9.17) is 4.74 Å². The van der Waals surface area contributed by atoms with Crippen LogP contribution < -0.4 is 0 Å². The molecule has 0 bridgehead atoms. The van der Waals surface area contributed by atoms with Gasteiger partial charge in [-0.05, 0) is 12.1 Å². The van der Waals surface area contributed by atoms with Crippen LogP contribution in [0.25, 0.3) is 0 Å². The van der Waals surface area contributed by atoms with E-state index in [2.05, 4.69) is 0 Å². The third kappa shape index (κ3) is 3.08. The second-order valence-electron chi connectivity index (χ2n) is 3.80. The van der Waals surface area contributed by atoms with Gasteiger partial charge in [0.1, 0.15) is 5.69 Å². The minimum atomic E-state index is -0.654. The first-order valence-electron chi connectivity index (χ1n) is 5.10. The Morgan fingerprint density at radius 1 is 1.69 bits per heavy atom. The highest BCUT2D eigenvalue weighted by Crippen LogP contribution is 2.04. The highest BCUT2D eigenvalue weighted by molar-refractivity contribution is 5.92. The van der Waals surface area contributed by atoms with E-state index >= 15 is 0 Å². The van der Waals surface area contributed by atoms with Crippen molar-refractivity contribution in [1.82, 2.24) is 9.47 Å². The molecular weight excluding hydrogens is 208 g/mol. The molecular formula is C11H18N2O3. The van der Waals surface area contributed by atoms with Gasteiger partial charge in [0.15, 0.2) is 0 Å². The summed E-state index contributed by atoms with van der Waals surface area (Å²) >= 11 is 0. The lowest BCUT2D eigenvalue weighted by Crippen LogP contribution is -2.36. The average molecular weight is 226 g/mol. The summed E-state index contributed by atoms with van der Waals surface area (Å²) in [6.07, 6.45) is 1.16. The van der Waals surface area contributed by atoms with Crippen molar-refractivity contribution in [3.8, 4) is 0 Å². The molecule has 1 atom stereocenters. The number of nitrogens with zero attached hydrogens (tertiary/aromatic N) is 2. The Bertz CT molecular complexity index is 349. The third-order valence-corrected chi connectivity index (χ3v) is 2.35. The van der Waals surface area contributed by atoms with Crippen LogP contribution >= 0.6 is 0 Å². The van der Waals surface area contributed by atoms with Crippen LogP contribution in [0.1, 0.15) is 10.5 Å². The van der Waals surface area contributed by atoms with Crippen LogP contribution in [-0.4, -0.2) is 53.9 Å². The molecule has 16 heavy (non-hydrogen) atoms. The fourth-order valence-electron chi connectivity index (χ4n) is 1.52. The number of hydrogen-bond acceptors (Lipinski definition) is 3. The number of aryl methyl sites for hydroxylation is 1. The molecule has 5 heteroatoms. The van der Waals surface area contributed by atoms with Gasteiger partial charge in [-0.2, -0.15) is 0 Å². The van der Waals surface area contributed by atoms with Gasteiger partial charge in [0.25, 0.3) is 5.91 Å². The first kappa shape index (κ1) is 12.7. The van der Waals surface area contributed by atoms with Crippen LogP contribution in [0, 0.1) is 0 Å². The number of methoxy groups -OCH3 is 1. The molecule has 0 fully saturated rings. The molecule has 5 nitrogen and oxygen atoms in total. The van der Waals surface area contributed by atoms with Gasteiger partial charge in [-0.15, -0.1) is 0 Å². The molecule has 1 aromatic rings. The number of rotatable bonds is 5. The van der Waals surface area contributed by atoms with Crippen molar-refractivity contribution in [2.24, 2.45) is 7.05 Å². The maximum Gasteiger partial charge on any atom is 0.270 e. The van der Waals surface area contributed by atoms with E-state index in [1.165, 1.54) is 12.0 Å². The van der Waals surface area contributed by atoms with Gasteiger partial charge in [0.2, 0.25) is 0 Å². The van der Waals surface area contributed by atoms with Crippen molar-refractivity contribution >= 4 is 5.91 Å². The average Bonchev–Trinajstić information content (AvgIpc) is 2.63. The number of aromatic nitrogens is 1. The lowest BCUT2D eigenvalue weighted by atomic mass is 10.3. The maximum absolute atomic E-state index is 11.9. The molecule has 1 rings (SSSR count). The van der Waals surface area contributed by atoms with Crippen molar-refractivity contribution in [1.29, 1.82) is 0 Å². The van der Waals surface area contributed by atoms with Gasteiger partial charge >= 0.3 is 0 Å². The predicted molar refractivity (Wildman–Crippen MR) is 60.3 cm³/mol. The van der Waals surface area contributed by atoms with Crippen molar-refractivity contribution < 1.29 is 14.6 Å². The maximum atomic E-state index is 11.9. The van der Waals surface area contributed by atoms with Gasteiger partial charge in [-0.25, -0.2) is 0 Å². The van der Waals surface area contributed by atoms with Gasteiger partial charge in [0.05, 0.1) is 12.7 Å². The second kappa shape index (κ2) is 5.67. The monoisotopic (exact) mass is 226 g/mol. The van der Waals surface area contributed by atoms with Crippen LogP contribution in [0.4, 0.5) is 0 Å². The number of amides is 1. The molecule has 1 unspecified atom stereocenters. The van der Waals surface area contributed by atoms with E-state index in [9.17, 15) is 9.90 Å². The molecule has 0 spiro atoms. The Kier molecular flexibility index (Phi) is 4.52. The molecule has 0 radical (unpaired) electrons. The summed E-state index contributed by atoms with van der Waals surface area (Å²) in [5.74, 6) is -0.109. The summed E-state index contributed by atoms with van der Waals surface area (Å²) in [5, 5.41) is 9.51. The van der Waals surface area contributed by atoms with Gasteiger partial charge < -0.3 is 19.3 Å². The van der Waals surface area contributed by atoms with Crippen LogP contribution in [0.2, 0.25) is 0 Å². The summed E-state index contributed by atoms with van der Waals surface area (Å²) in [7, 11) is 4.99. The molecule has 0 saturated carbocycles. The number of aliphatic hydroxyl groups is 1. The fourth-order valence-corrected chi connectivity index (χ4v) is 1.52. The molecule has 0 aliphatic heterocycles. The lowest BCUT2D eigenvalue weighted by molar-refractivity contribution is 0.0376. The Balaban J connectivity index is 2.58. The predicted octanol–water partition coefficient (Wildman–Crippen LogP) is 0.104. The van der Waals surface area contributed by atoms with E-state index in [-0.39, 0.29) is 19.1 Å². The first-order valence-corrected chi connectivity index (χ1v) is 5.10. The molecule has 1 heterocycles. The van der Waals surface area contributed by atoms with Crippen LogP contribution in [-0.2, 0) is 11.8 Å². The summed E-state index contributed by atoms with van der Waals surface area (Å²) in [6, 6.07) is 3.56. The number of ether oxygens (including phenoxy) is 1. The smallest absolute Gasteiger partial charge is 0.270 e. The van der Waals surface area contributed by atoms with Gasteiger partial charge in [0, 0.05) is 33.9 Å². The first-order chi connectivity index (χ1) is 7.56. The molecule has 1 amide bonds. The van der Waals surface area contributed by atoms with E-state index in [1.54, 1.807) is 17.7 Å². The molecule has 0 aliphatic carbocycles. The van der Waals surface area contributed by atoms with Crippen molar-refractivity contribution in [2.75, 3.05) is 27.3 Å². The number of carbonyl (C=O) groups excluding carboxylic acids is 1. The number of likely N-dealkylation sites (N-methyl/N-ethyl adjacent to an activating group) is 1. The fraction of sp³-hybridized carbons (Fsp3) is 0.545. The van der Waals surface area contributed by atoms with Crippen LogP contribution in [0.5, 0.6) is 0 Å². The SMILES string of the molecule is COCC(O)CN(C)C(=O)c1cccn1C. The largest absolute Gasteiger partial charge is 0.389 e. The van der Waals surface area contributed by atoms with E-state index < -0.39 is 6.10 Å². The molecule has 0 aliphatic rings. The van der Waals surface area contributed by atoms with Gasteiger partial charge in [-0.3, -0.25) is 4.79 Å². The van der Waals surface area contributed by atoms with E-state index in [1.807, 2.05) is 19.3 Å². The standard InChI is InChI=1S/C11H18N2O3/c1-12-6-4-5-10(12)11(15)13(2)7-9(14)8-16-3/h4-6,9,14H,7-8H2,1-3H3. The zero-order valence-corrected chi connectivity index (χ0v) is 9.88. The van der Waals surface area contributed by atoms with Crippen molar-refractivity contribution in [3.05, 3.63) is 24.0 Å². The quantitative estimate of drug-likeness (QED) is 0.775. The minimum Gasteiger partial charge on any atom is -0.389 e. The topological polar surface area (TPSA) is 54.7 Å². The summed E-state index contributed by atoms with van der Waals surface area (Å²) in [6.45, 7) is 0.489. The van der Waals surface area contributed by atoms with E-state index in [0.29, 0.717) is 5.69 Å². The molecule has 1 aromatic heterocycles. The molecule has 90 valence electrons. The Morgan fingerprint density at radius 2 is 2.38 bits per heavy atom. The molecule has 0 aromatic carbocycles. The summed E-state index contributed by atoms with van der Waals surface area (Å²) < 4.78 is 6.56. The Labute approximate surface area is 95.2 Å². The third-order valence-electron chi connectivity index (χ3n) is 2.35. The van der Waals surface area contributed by atoms with Crippen LogP contribution in [0.15, 0.2) is 18.3 Å². The minimum absolute atomic E-state index is 0.109. The zero-order valence-electron chi connectivity index (χ0n) is 9.88. The highest BCUT2D eigenvalue weighted by Gasteiger charge is 2.16. The number of aliphatic hydroxyl groups excluding tert-OH is 1. The summed E-state index contributed by atoms with van der Waals surface area (Å²) in [4.78, 5) is 13.4. The highest BCUT2D eigenvalue weighted by atomic mass is 16.5. The number of hydrogen-bond donors (Lipinski definition) is 1. The molecule has 0 saturated heterocycles. The van der Waals surface area contributed by atoms with Crippen molar-refractivity contribution in [2.45, 2.75) is 6.10 Å². The van der Waals surface area contributed by atoms with Crippen LogP contribution in [0.3, 0.4) is 0 Å². The van der Waals surface area contributed by atoms with Gasteiger partial charge in [-0.1, -0.05) is 0 Å². The number of carbonyl (C=O) groups is 1. The second-order valence-corrected chi connectivity index (χ2v) is 3.80.